The van der Waals surface area contributed by atoms with Crippen molar-refractivity contribution in [2.24, 2.45) is 7.05 Å². The van der Waals surface area contributed by atoms with E-state index in [4.69, 9.17) is 4.74 Å². The quantitative estimate of drug-likeness (QED) is 0.813. The molecule has 2 aliphatic heterocycles. The van der Waals surface area contributed by atoms with E-state index in [0.29, 0.717) is 0 Å². The van der Waals surface area contributed by atoms with Crippen molar-refractivity contribution in [1.29, 1.82) is 0 Å². The highest BCUT2D eigenvalue weighted by molar-refractivity contribution is 5.97. The molecule has 2 saturated heterocycles. The summed E-state index contributed by atoms with van der Waals surface area (Å²) in [6.07, 6.45) is 7.16. The third kappa shape index (κ3) is 2.63. The first-order chi connectivity index (χ1) is 11.2. The highest BCUT2D eigenvalue weighted by Gasteiger charge is 2.37. The molecule has 2 aliphatic rings. The lowest BCUT2D eigenvalue weighted by molar-refractivity contribution is -0.00691. The molecule has 5 nitrogen and oxygen atoms in total. The summed E-state index contributed by atoms with van der Waals surface area (Å²) in [5.41, 5.74) is 2.71. The fraction of sp³-hybridized carbons (Fsp3) is 0.556. The number of rotatable bonds is 1. The van der Waals surface area contributed by atoms with E-state index in [-0.39, 0.29) is 11.5 Å². The van der Waals surface area contributed by atoms with Crippen LogP contribution in [0.5, 0.6) is 0 Å². The van der Waals surface area contributed by atoms with Crippen molar-refractivity contribution in [2.75, 3.05) is 19.7 Å². The fourth-order valence-electron chi connectivity index (χ4n) is 3.97. The summed E-state index contributed by atoms with van der Waals surface area (Å²) in [6, 6.07) is 5.80. The van der Waals surface area contributed by atoms with E-state index in [9.17, 15) is 4.79 Å². The molecule has 1 atom stereocenters. The monoisotopic (exact) mass is 313 g/mol. The van der Waals surface area contributed by atoms with Gasteiger partial charge in [-0.15, -0.1) is 0 Å². The second-order valence-electron chi connectivity index (χ2n) is 6.84. The van der Waals surface area contributed by atoms with Gasteiger partial charge in [0, 0.05) is 32.3 Å². The van der Waals surface area contributed by atoms with Crippen LogP contribution in [0.2, 0.25) is 0 Å². The minimum atomic E-state index is 0.0416. The van der Waals surface area contributed by atoms with Crippen LogP contribution in [0.15, 0.2) is 24.5 Å². The van der Waals surface area contributed by atoms with Crippen molar-refractivity contribution >= 4 is 16.9 Å². The summed E-state index contributed by atoms with van der Waals surface area (Å²) in [5.74, 6) is 0.118. The number of amides is 1. The molecule has 0 radical (unpaired) electrons. The average Bonchev–Trinajstić information content (AvgIpc) is 3.10. The molecule has 0 aliphatic carbocycles. The van der Waals surface area contributed by atoms with E-state index in [2.05, 4.69) is 4.98 Å². The second kappa shape index (κ2) is 5.64. The number of carbonyl (C=O) groups excluding carboxylic acids is 1. The number of aromatic nitrogens is 2. The Morgan fingerprint density at radius 2 is 2.09 bits per heavy atom. The second-order valence-corrected chi connectivity index (χ2v) is 6.84. The van der Waals surface area contributed by atoms with Crippen molar-refractivity contribution in [3.05, 3.63) is 30.1 Å². The van der Waals surface area contributed by atoms with Crippen molar-refractivity contribution < 1.29 is 9.53 Å². The predicted octanol–water partition coefficient (Wildman–Crippen LogP) is 2.75. The van der Waals surface area contributed by atoms with E-state index in [1.54, 1.807) is 6.33 Å². The SMILES string of the molecule is Cn1cnc2cc(C(=O)N3CCC[C@@]4(CCCO4)CC3)ccc21. The number of likely N-dealkylation sites (tertiary alicyclic amines) is 1. The zero-order valence-corrected chi connectivity index (χ0v) is 13.6. The molecule has 23 heavy (non-hydrogen) atoms. The highest BCUT2D eigenvalue weighted by atomic mass is 16.5. The molecule has 3 heterocycles. The van der Waals surface area contributed by atoms with Gasteiger partial charge >= 0.3 is 0 Å². The highest BCUT2D eigenvalue weighted by Crippen LogP contribution is 2.35. The molecular formula is C18H23N3O2. The molecule has 0 unspecified atom stereocenters. The fourth-order valence-corrected chi connectivity index (χ4v) is 3.97. The van der Waals surface area contributed by atoms with Gasteiger partial charge in [-0.05, 0) is 50.3 Å². The van der Waals surface area contributed by atoms with Crippen LogP contribution in [0.1, 0.15) is 42.5 Å². The zero-order valence-electron chi connectivity index (χ0n) is 13.6. The first-order valence-electron chi connectivity index (χ1n) is 8.51. The van der Waals surface area contributed by atoms with Crippen LogP contribution < -0.4 is 0 Å². The van der Waals surface area contributed by atoms with Crippen molar-refractivity contribution in [3.8, 4) is 0 Å². The topological polar surface area (TPSA) is 47.4 Å². The normalized spacial score (nSPS) is 25.2. The van der Waals surface area contributed by atoms with Gasteiger partial charge < -0.3 is 14.2 Å². The predicted molar refractivity (Wildman–Crippen MR) is 88.4 cm³/mol. The number of hydrogen-bond acceptors (Lipinski definition) is 3. The Morgan fingerprint density at radius 1 is 1.22 bits per heavy atom. The summed E-state index contributed by atoms with van der Waals surface area (Å²) >= 11 is 0. The molecule has 1 aromatic carbocycles. The molecule has 2 fully saturated rings. The van der Waals surface area contributed by atoms with Crippen LogP contribution in [-0.2, 0) is 11.8 Å². The minimum absolute atomic E-state index is 0.0416. The molecule has 1 amide bonds. The van der Waals surface area contributed by atoms with Gasteiger partial charge in [0.05, 0.1) is 23.0 Å². The lowest BCUT2D eigenvalue weighted by Crippen LogP contribution is -2.34. The summed E-state index contributed by atoms with van der Waals surface area (Å²) in [6.45, 7) is 2.49. The number of nitrogens with zero attached hydrogens (tertiary/aromatic N) is 3. The Balaban J connectivity index is 1.53. The van der Waals surface area contributed by atoms with Crippen LogP contribution in [0.3, 0.4) is 0 Å². The van der Waals surface area contributed by atoms with Gasteiger partial charge in [0.15, 0.2) is 0 Å². The third-order valence-electron chi connectivity index (χ3n) is 5.34. The van der Waals surface area contributed by atoms with Crippen LogP contribution >= 0.6 is 0 Å². The molecule has 4 rings (SSSR count). The molecule has 1 spiro atoms. The first kappa shape index (κ1) is 14.7. The van der Waals surface area contributed by atoms with Gasteiger partial charge in [0.1, 0.15) is 0 Å². The number of aryl methyl sites for hydroxylation is 1. The standard InChI is InChI=1S/C18H23N3O2/c1-20-13-19-15-12-14(4-5-16(15)20)17(22)21-9-2-6-18(8-10-21)7-3-11-23-18/h4-5,12-13H,2-3,6-11H2,1H3/t18-/m1/s1. The smallest absolute Gasteiger partial charge is 0.253 e. The Morgan fingerprint density at radius 3 is 2.91 bits per heavy atom. The van der Waals surface area contributed by atoms with Crippen LogP contribution in [-0.4, -0.2) is 45.7 Å². The van der Waals surface area contributed by atoms with Crippen molar-refractivity contribution in [3.63, 3.8) is 0 Å². The van der Waals surface area contributed by atoms with E-state index in [1.807, 2.05) is 34.7 Å². The van der Waals surface area contributed by atoms with E-state index < -0.39 is 0 Å². The Kier molecular flexibility index (Phi) is 3.60. The minimum Gasteiger partial charge on any atom is -0.375 e. The van der Waals surface area contributed by atoms with Crippen molar-refractivity contribution in [1.82, 2.24) is 14.5 Å². The maximum atomic E-state index is 12.9. The summed E-state index contributed by atoms with van der Waals surface area (Å²) < 4.78 is 7.97. The Hall–Kier alpha value is -1.88. The first-order valence-corrected chi connectivity index (χ1v) is 8.51. The number of benzene rings is 1. The summed E-state index contributed by atoms with van der Waals surface area (Å²) in [5, 5.41) is 0. The molecular weight excluding hydrogens is 290 g/mol. The number of ether oxygens (including phenoxy) is 1. The summed E-state index contributed by atoms with van der Waals surface area (Å²) in [4.78, 5) is 19.2. The van der Waals surface area contributed by atoms with Gasteiger partial charge in [-0.25, -0.2) is 4.98 Å². The lowest BCUT2D eigenvalue weighted by atomic mass is 9.92. The number of imidazole rings is 1. The third-order valence-corrected chi connectivity index (χ3v) is 5.34. The lowest BCUT2D eigenvalue weighted by Gasteiger charge is -2.27. The molecule has 0 saturated carbocycles. The van der Waals surface area contributed by atoms with E-state index in [1.165, 1.54) is 0 Å². The van der Waals surface area contributed by atoms with Gasteiger partial charge in [-0.2, -0.15) is 0 Å². The molecule has 2 aromatic rings. The molecule has 1 aromatic heterocycles. The van der Waals surface area contributed by atoms with Gasteiger partial charge in [0.25, 0.3) is 5.91 Å². The van der Waals surface area contributed by atoms with Gasteiger partial charge in [0.2, 0.25) is 0 Å². The maximum absolute atomic E-state index is 12.9. The number of carbonyl (C=O) groups is 1. The largest absolute Gasteiger partial charge is 0.375 e. The summed E-state index contributed by atoms with van der Waals surface area (Å²) in [7, 11) is 1.96. The van der Waals surface area contributed by atoms with Gasteiger partial charge in [-0.3, -0.25) is 4.79 Å². The molecule has 0 bridgehead atoms. The number of hydrogen-bond donors (Lipinski definition) is 0. The Bertz CT molecular complexity index is 731. The zero-order chi connectivity index (χ0) is 15.9. The van der Waals surface area contributed by atoms with Crippen LogP contribution in [0.25, 0.3) is 11.0 Å². The maximum Gasteiger partial charge on any atom is 0.253 e. The molecule has 0 N–H and O–H groups in total. The van der Waals surface area contributed by atoms with E-state index in [0.717, 1.165) is 68.4 Å². The van der Waals surface area contributed by atoms with Crippen LogP contribution in [0.4, 0.5) is 0 Å². The van der Waals surface area contributed by atoms with Gasteiger partial charge in [-0.1, -0.05) is 0 Å². The molecule has 122 valence electrons. The molecule has 5 heteroatoms. The number of fused-ring (bicyclic) bond motifs is 1. The Labute approximate surface area is 136 Å². The van der Waals surface area contributed by atoms with Crippen LogP contribution in [0, 0.1) is 0 Å². The average molecular weight is 313 g/mol. The van der Waals surface area contributed by atoms with E-state index >= 15 is 0 Å². The van der Waals surface area contributed by atoms with Crippen molar-refractivity contribution in [2.45, 2.75) is 37.7 Å².